The molecular weight excluding hydrogens is 266 g/mol. The Morgan fingerprint density at radius 2 is 2.30 bits per heavy atom. The molecule has 2 unspecified atom stereocenters. The Balaban J connectivity index is 1.65. The van der Waals surface area contributed by atoms with Crippen LogP contribution in [0.5, 0.6) is 0 Å². The molecule has 3 rings (SSSR count). The first-order valence-corrected chi connectivity index (χ1v) is 8.12. The van der Waals surface area contributed by atoms with Crippen molar-refractivity contribution in [3.8, 4) is 0 Å². The fourth-order valence-corrected chi connectivity index (χ4v) is 4.14. The number of thioether (sulfide) groups is 1. The van der Waals surface area contributed by atoms with E-state index >= 15 is 0 Å². The topological polar surface area (TPSA) is 29.9 Å². The molecule has 3 nitrogen and oxygen atoms in total. The number of fused-ring (bicyclic) bond motifs is 1. The first-order chi connectivity index (χ1) is 9.80. The second-order valence-corrected chi connectivity index (χ2v) is 6.64. The zero-order valence-corrected chi connectivity index (χ0v) is 12.9. The van der Waals surface area contributed by atoms with Gasteiger partial charge >= 0.3 is 0 Å². The molecule has 1 aromatic heterocycles. The van der Waals surface area contributed by atoms with Gasteiger partial charge in [-0.25, -0.2) is 0 Å². The van der Waals surface area contributed by atoms with Crippen LogP contribution in [0.2, 0.25) is 0 Å². The molecule has 0 bridgehead atoms. The van der Waals surface area contributed by atoms with Gasteiger partial charge in [0.15, 0.2) is 0 Å². The Labute approximate surface area is 124 Å². The van der Waals surface area contributed by atoms with Crippen LogP contribution in [0.4, 0.5) is 0 Å². The summed E-state index contributed by atoms with van der Waals surface area (Å²) in [5.41, 5.74) is 2.77. The number of hydrogen-bond acceptors (Lipinski definition) is 3. The minimum absolute atomic E-state index is 0.414. The Bertz CT molecular complexity index is 550. The SMILES string of the molecule is CCC(NC)c1cnn(CC2Cc3ccccc3S2)c1. The van der Waals surface area contributed by atoms with Crippen LogP contribution in [0.3, 0.4) is 0 Å². The summed E-state index contributed by atoms with van der Waals surface area (Å²) in [6.45, 7) is 3.18. The third-order valence-electron chi connectivity index (χ3n) is 3.92. The molecule has 2 aromatic rings. The van der Waals surface area contributed by atoms with E-state index in [1.807, 2.05) is 25.0 Å². The van der Waals surface area contributed by atoms with E-state index in [4.69, 9.17) is 0 Å². The highest BCUT2D eigenvalue weighted by atomic mass is 32.2. The van der Waals surface area contributed by atoms with Gasteiger partial charge in [0, 0.05) is 27.9 Å². The summed E-state index contributed by atoms with van der Waals surface area (Å²) in [6, 6.07) is 9.14. The molecule has 2 atom stereocenters. The van der Waals surface area contributed by atoms with Crippen molar-refractivity contribution in [2.24, 2.45) is 0 Å². The van der Waals surface area contributed by atoms with Crippen LogP contribution in [0.25, 0.3) is 0 Å². The third kappa shape index (κ3) is 2.76. The third-order valence-corrected chi connectivity index (χ3v) is 5.22. The molecule has 20 heavy (non-hydrogen) atoms. The molecule has 1 aliphatic rings. The van der Waals surface area contributed by atoms with Crippen LogP contribution in [0, 0.1) is 0 Å². The molecule has 0 saturated heterocycles. The summed E-state index contributed by atoms with van der Waals surface area (Å²) in [7, 11) is 2.01. The van der Waals surface area contributed by atoms with Crippen molar-refractivity contribution >= 4 is 11.8 Å². The Kier molecular flexibility index (Phi) is 4.13. The summed E-state index contributed by atoms with van der Waals surface area (Å²) in [6.07, 6.45) is 6.43. The fourth-order valence-electron chi connectivity index (χ4n) is 2.83. The number of nitrogens with one attached hydrogen (secondary N) is 1. The summed E-state index contributed by atoms with van der Waals surface area (Å²) >= 11 is 1.98. The van der Waals surface area contributed by atoms with Crippen LogP contribution in [0.15, 0.2) is 41.6 Å². The normalized spacial score (nSPS) is 19.0. The first kappa shape index (κ1) is 13.7. The predicted octanol–water partition coefficient (Wildman–Crippen LogP) is 3.27. The lowest BCUT2D eigenvalue weighted by molar-refractivity contribution is 0.569. The molecule has 0 amide bonds. The highest BCUT2D eigenvalue weighted by molar-refractivity contribution is 8.00. The van der Waals surface area contributed by atoms with Gasteiger partial charge in [-0.15, -0.1) is 11.8 Å². The zero-order valence-electron chi connectivity index (χ0n) is 12.0. The number of benzene rings is 1. The molecule has 0 aliphatic carbocycles. The highest BCUT2D eigenvalue weighted by Crippen LogP contribution is 2.37. The Hall–Kier alpha value is -1.26. The zero-order chi connectivity index (χ0) is 13.9. The smallest absolute Gasteiger partial charge is 0.0537 e. The molecule has 0 spiro atoms. The maximum Gasteiger partial charge on any atom is 0.0537 e. The average molecular weight is 287 g/mol. The van der Waals surface area contributed by atoms with Crippen molar-refractivity contribution in [2.45, 2.75) is 42.5 Å². The molecular formula is C16H21N3S. The van der Waals surface area contributed by atoms with Gasteiger partial charge in [0.05, 0.1) is 12.7 Å². The van der Waals surface area contributed by atoms with Gasteiger partial charge < -0.3 is 5.32 Å². The average Bonchev–Trinajstić information content (AvgIpc) is 3.07. The van der Waals surface area contributed by atoms with Crippen molar-refractivity contribution in [2.75, 3.05) is 7.05 Å². The molecule has 1 N–H and O–H groups in total. The molecule has 4 heteroatoms. The van der Waals surface area contributed by atoms with Crippen LogP contribution < -0.4 is 5.32 Å². The Morgan fingerprint density at radius 1 is 1.45 bits per heavy atom. The monoisotopic (exact) mass is 287 g/mol. The lowest BCUT2D eigenvalue weighted by Crippen LogP contribution is -2.15. The lowest BCUT2D eigenvalue weighted by atomic mass is 10.1. The Morgan fingerprint density at radius 3 is 3.05 bits per heavy atom. The lowest BCUT2D eigenvalue weighted by Gasteiger charge is -2.11. The van der Waals surface area contributed by atoms with E-state index in [2.05, 4.69) is 52.5 Å². The maximum absolute atomic E-state index is 4.52. The quantitative estimate of drug-likeness (QED) is 0.915. The molecule has 0 radical (unpaired) electrons. The van der Waals surface area contributed by atoms with Crippen LogP contribution in [-0.4, -0.2) is 22.1 Å². The number of aromatic nitrogens is 2. The highest BCUT2D eigenvalue weighted by Gasteiger charge is 2.22. The van der Waals surface area contributed by atoms with E-state index in [0.717, 1.165) is 19.4 Å². The number of hydrogen-bond donors (Lipinski definition) is 1. The molecule has 106 valence electrons. The predicted molar refractivity (Wildman–Crippen MR) is 84.1 cm³/mol. The second kappa shape index (κ2) is 6.02. The van der Waals surface area contributed by atoms with Crippen LogP contribution >= 0.6 is 11.8 Å². The number of nitrogens with zero attached hydrogens (tertiary/aromatic N) is 2. The number of rotatable bonds is 5. The summed E-state index contributed by atoms with van der Waals surface area (Å²) in [4.78, 5) is 1.44. The molecule has 1 aromatic carbocycles. The summed E-state index contributed by atoms with van der Waals surface area (Å²) < 4.78 is 2.10. The second-order valence-electron chi connectivity index (χ2n) is 5.30. The largest absolute Gasteiger partial charge is 0.313 e. The van der Waals surface area contributed by atoms with Gasteiger partial charge in [-0.05, 0) is 31.5 Å². The molecule has 0 fully saturated rings. The van der Waals surface area contributed by atoms with Crippen LogP contribution in [-0.2, 0) is 13.0 Å². The fraction of sp³-hybridized carbons (Fsp3) is 0.438. The van der Waals surface area contributed by atoms with Gasteiger partial charge in [0.25, 0.3) is 0 Å². The van der Waals surface area contributed by atoms with Crippen LogP contribution in [0.1, 0.15) is 30.5 Å². The van der Waals surface area contributed by atoms with E-state index in [-0.39, 0.29) is 0 Å². The minimum atomic E-state index is 0.414. The standard InChI is InChI=1S/C16H21N3S/c1-3-15(17-2)13-9-18-19(10-13)11-14-8-12-6-4-5-7-16(12)20-14/h4-7,9-10,14-15,17H,3,8,11H2,1-2H3. The van der Waals surface area contributed by atoms with Gasteiger partial charge in [-0.1, -0.05) is 25.1 Å². The summed E-state index contributed by atoms with van der Waals surface area (Å²) in [5, 5.41) is 8.46. The van der Waals surface area contributed by atoms with Gasteiger partial charge in [-0.2, -0.15) is 5.10 Å². The first-order valence-electron chi connectivity index (χ1n) is 7.24. The van der Waals surface area contributed by atoms with E-state index in [1.54, 1.807) is 0 Å². The minimum Gasteiger partial charge on any atom is -0.313 e. The van der Waals surface area contributed by atoms with Gasteiger partial charge in [0.2, 0.25) is 0 Å². The molecule has 0 saturated carbocycles. The molecule has 1 aliphatic heterocycles. The van der Waals surface area contributed by atoms with E-state index in [9.17, 15) is 0 Å². The van der Waals surface area contributed by atoms with E-state index < -0.39 is 0 Å². The van der Waals surface area contributed by atoms with Gasteiger partial charge in [0.1, 0.15) is 0 Å². The summed E-state index contributed by atoms with van der Waals surface area (Å²) in [5.74, 6) is 0. The van der Waals surface area contributed by atoms with E-state index in [1.165, 1.54) is 16.0 Å². The van der Waals surface area contributed by atoms with Crippen molar-refractivity contribution in [3.63, 3.8) is 0 Å². The van der Waals surface area contributed by atoms with Gasteiger partial charge in [-0.3, -0.25) is 4.68 Å². The van der Waals surface area contributed by atoms with Crippen molar-refractivity contribution in [1.29, 1.82) is 0 Å². The van der Waals surface area contributed by atoms with E-state index in [0.29, 0.717) is 11.3 Å². The van der Waals surface area contributed by atoms with Crippen molar-refractivity contribution < 1.29 is 0 Å². The maximum atomic E-state index is 4.52. The van der Waals surface area contributed by atoms with Crippen molar-refractivity contribution in [1.82, 2.24) is 15.1 Å². The molecule has 2 heterocycles. The van der Waals surface area contributed by atoms with Crippen molar-refractivity contribution in [3.05, 3.63) is 47.8 Å².